The van der Waals surface area contributed by atoms with E-state index in [-0.39, 0.29) is 0 Å². The van der Waals surface area contributed by atoms with Crippen LogP contribution in [0.3, 0.4) is 0 Å². The summed E-state index contributed by atoms with van der Waals surface area (Å²) in [5, 5.41) is 0. The van der Waals surface area contributed by atoms with Crippen molar-refractivity contribution in [2.45, 2.75) is 13.8 Å². The topological polar surface area (TPSA) is 34.1 Å². The van der Waals surface area contributed by atoms with Crippen LogP contribution < -0.4 is 4.74 Å². The molecule has 4 heteroatoms. The minimum absolute atomic E-state index is 0.464. The molecule has 120 valence electrons. The summed E-state index contributed by atoms with van der Waals surface area (Å²) in [5.74, 6) is 0.844. The van der Waals surface area contributed by atoms with Crippen LogP contribution >= 0.6 is 0 Å². The molecule has 0 N–H and O–H groups in total. The van der Waals surface area contributed by atoms with E-state index in [9.17, 15) is 0 Å². The Bertz CT molecular complexity index is 495. The van der Waals surface area contributed by atoms with Crippen LogP contribution in [0.5, 0.6) is 5.75 Å². The van der Waals surface area contributed by atoms with Crippen molar-refractivity contribution < 1.29 is 9.47 Å². The molecule has 0 bridgehead atoms. The highest BCUT2D eigenvalue weighted by molar-refractivity contribution is 5.80. The number of hydrogen-bond acceptors (Lipinski definition) is 4. The molecule has 0 aliphatic rings. The van der Waals surface area contributed by atoms with E-state index >= 15 is 0 Å². The van der Waals surface area contributed by atoms with Crippen molar-refractivity contribution in [1.82, 2.24) is 4.90 Å². The maximum atomic E-state index is 5.82. The Balaban J connectivity index is 2.74. The Hall–Kier alpha value is -2.07. The van der Waals surface area contributed by atoms with Crippen molar-refractivity contribution in [1.29, 1.82) is 0 Å². The summed E-state index contributed by atoms with van der Waals surface area (Å²) < 4.78 is 11.2. The van der Waals surface area contributed by atoms with Crippen molar-refractivity contribution >= 4 is 6.21 Å². The van der Waals surface area contributed by atoms with Gasteiger partial charge in [0.15, 0.2) is 0 Å². The zero-order valence-electron chi connectivity index (χ0n) is 13.8. The molecular weight excluding hydrogens is 276 g/mol. The third-order valence-electron chi connectivity index (χ3n) is 3.29. The highest BCUT2D eigenvalue weighted by atomic mass is 16.5. The number of hydrogen-bond donors (Lipinski definition) is 0. The number of para-hydroxylation sites is 1. The molecule has 0 spiro atoms. The van der Waals surface area contributed by atoms with Crippen LogP contribution in [-0.2, 0) is 4.74 Å². The van der Waals surface area contributed by atoms with E-state index in [1.165, 1.54) is 6.20 Å². The van der Waals surface area contributed by atoms with Crippen molar-refractivity contribution in [3.63, 3.8) is 0 Å². The molecule has 0 fully saturated rings. The second kappa shape index (κ2) is 10.6. The second-order valence-electron chi connectivity index (χ2n) is 4.79. The van der Waals surface area contributed by atoms with E-state index in [4.69, 9.17) is 9.47 Å². The summed E-state index contributed by atoms with van der Waals surface area (Å²) >= 11 is 0. The van der Waals surface area contributed by atoms with Gasteiger partial charge in [0.2, 0.25) is 0 Å². The first-order valence-electron chi connectivity index (χ1n) is 7.49. The summed E-state index contributed by atoms with van der Waals surface area (Å²) in [4.78, 5) is 6.27. The molecule has 0 amide bonds. The predicted molar refractivity (Wildman–Crippen MR) is 92.4 cm³/mol. The number of benzene rings is 1. The quantitative estimate of drug-likeness (QED) is 0.490. The molecule has 1 aromatic rings. The van der Waals surface area contributed by atoms with Gasteiger partial charge in [0.1, 0.15) is 12.4 Å². The highest BCUT2D eigenvalue weighted by Gasteiger charge is 2.07. The van der Waals surface area contributed by atoms with Crippen molar-refractivity contribution in [2.75, 3.05) is 33.4 Å². The third kappa shape index (κ3) is 6.59. The summed E-state index contributed by atoms with van der Waals surface area (Å²) in [6.07, 6.45) is 3.32. The van der Waals surface area contributed by atoms with E-state index in [1.807, 2.05) is 44.3 Å². The van der Waals surface area contributed by atoms with Crippen LogP contribution in [0, 0.1) is 0 Å². The van der Waals surface area contributed by atoms with Gasteiger partial charge in [-0.05, 0) is 26.0 Å². The van der Waals surface area contributed by atoms with Crippen LogP contribution in [0.4, 0.5) is 0 Å². The van der Waals surface area contributed by atoms with E-state index < -0.39 is 0 Å². The Morgan fingerprint density at radius 1 is 1.32 bits per heavy atom. The molecule has 0 aliphatic carbocycles. The summed E-state index contributed by atoms with van der Waals surface area (Å²) in [6.45, 7) is 10.4. The third-order valence-corrected chi connectivity index (χ3v) is 3.29. The Morgan fingerprint density at radius 3 is 2.68 bits per heavy atom. The molecule has 0 aliphatic heterocycles. The first-order valence-corrected chi connectivity index (χ1v) is 7.49. The van der Waals surface area contributed by atoms with Gasteiger partial charge in [0, 0.05) is 43.9 Å². The number of nitrogens with zero attached hydrogens (tertiary/aromatic N) is 2. The molecule has 1 aromatic carbocycles. The molecule has 0 aromatic heterocycles. The average Bonchev–Trinajstić information content (AvgIpc) is 2.55. The Labute approximate surface area is 133 Å². The fourth-order valence-corrected chi connectivity index (χ4v) is 1.81. The van der Waals surface area contributed by atoms with Gasteiger partial charge in [-0.2, -0.15) is 0 Å². The molecular formula is C18H26N2O2. The number of allylic oxidation sites excluding steroid dienone is 1. The van der Waals surface area contributed by atoms with Crippen LogP contribution in [0.25, 0.3) is 0 Å². The van der Waals surface area contributed by atoms with Gasteiger partial charge in [-0.15, -0.1) is 0 Å². The second-order valence-corrected chi connectivity index (χ2v) is 4.79. The monoisotopic (exact) mass is 302 g/mol. The lowest BCUT2D eigenvalue weighted by Gasteiger charge is -2.22. The van der Waals surface area contributed by atoms with E-state index in [0.717, 1.165) is 30.2 Å². The molecule has 0 saturated carbocycles. The fourth-order valence-electron chi connectivity index (χ4n) is 1.81. The molecule has 0 heterocycles. The molecule has 22 heavy (non-hydrogen) atoms. The van der Waals surface area contributed by atoms with Gasteiger partial charge in [-0.1, -0.05) is 24.8 Å². The lowest BCUT2D eigenvalue weighted by molar-refractivity contribution is 0.130. The summed E-state index contributed by atoms with van der Waals surface area (Å²) in [6, 6.07) is 9.76. The van der Waals surface area contributed by atoms with Gasteiger partial charge in [0.25, 0.3) is 0 Å². The first kappa shape index (κ1) is 18.0. The molecule has 0 saturated heterocycles. The van der Waals surface area contributed by atoms with Crippen molar-refractivity contribution in [3.8, 4) is 5.75 Å². The van der Waals surface area contributed by atoms with Gasteiger partial charge >= 0.3 is 0 Å². The predicted octanol–water partition coefficient (Wildman–Crippen LogP) is 3.52. The van der Waals surface area contributed by atoms with Gasteiger partial charge < -0.3 is 14.4 Å². The zero-order chi connectivity index (χ0) is 16.2. The molecule has 0 unspecified atom stereocenters. The van der Waals surface area contributed by atoms with Gasteiger partial charge in [0.05, 0.1) is 6.61 Å². The number of rotatable bonds is 10. The van der Waals surface area contributed by atoms with Crippen LogP contribution in [-0.4, -0.2) is 44.5 Å². The minimum Gasteiger partial charge on any atom is -0.489 e. The van der Waals surface area contributed by atoms with Crippen LogP contribution in [0.15, 0.2) is 59.4 Å². The lowest BCUT2D eigenvalue weighted by Crippen LogP contribution is -2.24. The largest absolute Gasteiger partial charge is 0.489 e. The van der Waals surface area contributed by atoms with Gasteiger partial charge in [-0.3, -0.25) is 4.99 Å². The zero-order valence-corrected chi connectivity index (χ0v) is 13.8. The average molecular weight is 302 g/mol. The molecule has 0 radical (unpaired) electrons. The van der Waals surface area contributed by atoms with E-state index in [0.29, 0.717) is 13.2 Å². The summed E-state index contributed by atoms with van der Waals surface area (Å²) in [5.41, 5.74) is 2.13. The molecule has 0 atom stereocenters. The van der Waals surface area contributed by atoms with Gasteiger partial charge in [-0.25, -0.2) is 0 Å². The van der Waals surface area contributed by atoms with Crippen molar-refractivity contribution in [2.24, 2.45) is 4.99 Å². The maximum Gasteiger partial charge on any atom is 0.119 e. The normalized spacial score (nSPS) is 12.1. The molecule has 1 rings (SSSR count). The highest BCUT2D eigenvalue weighted by Crippen LogP contribution is 2.12. The van der Waals surface area contributed by atoms with Crippen LogP contribution in [0.1, 0.15) is 13.8 Å². The Kier molecular flexibility index (Phi) is 8.69. The first-order chi connectivity index (χ1) is 10.7. The lowest BCUT2D eigenvalue weighted by atomic mass is 10.2. The SMILES string of the molecule is C=CN=C/C(COc1ccccc1)=C(\C)N(C)CCOCC. The van der Waals surface area contributed by atoms with E-state index in [2.05, 4.69) is 23.4 Å². The number of aliphatic imine (C=N–C) groups is 1. The van der Waals surface area contributed by atoms with E-state index in [1.54, 1.807) is 6.21 Å². The maximum absolute atomic E-state index is 5.82. The number of ether oxygens (including phenoxy) is 2. The van der Waals surface area contributed by atoms with Crippen molar-refractivity contribution in [3.05, 3.63) is 54.4 Å². The standard InChI is InChI=1S/C18H26N2O2/c1-5-19-14-17(15-22-18-10-8-7-9-11-18)16(3)20(4)12-13-21-6-2/h5,7-11,14H,1,6,12-13,15H2,2-4H3/b17-16-,19-14?. The smallest absolute Gasteiger partial charge is 0.119 e. The summed E-state index contributed by atoms with van der Waals surface area (Å²) in [7, 11) is 2.04. The fraction of sp³-hybridized carbons (Fsp3) is 0.389. The number of likely N-dealkylation sites (N-methyl/N-ethyl adjacent to an activating group) is 1. The van der Waals surface area contributed by atoms with Crippen LogP contribution in [0.2, 0.25) is 0 Å². The Morgan fingerprint density at radius 2 is 2.05 bits per heavy atom. The molecule has 4 nitrogen and oxygen atoms in total. The minimum atomic E-state index is 0.464.